The van der Waals surface area contributed by atoms with Gasteiger partial charge in [-0.2, -0.15) is 0 Å². The van der Waals surface area contributed by atoms with E-state index in [1.165, 1.54) is 29.2 Å². The van der Waals surface area contributed by atoms with Gasteiger partial charge in [-0.25, -0.2) is 13.2 Å². The fourth-order valence-electron chi connectivity index (χ4n) is 2.68. The van der Waals surface area contributed by atoms with E-state index in [2.05, 4.69) is 0 Å². The Morgan fingerprint density at radius 2 is 1.64 bits per heavy atom. The smallest absolute Gasteiger partial charge is 0.410 e. The highest BCUT2D eigenvalue weighted by atomic mass is 32.2. The van der Waals surface area contributed by atoms with Crippen molar-refractivity contribution < 1.29 is 22.7 Å². The highest BCUT2D eigenvalue weighted by Gasteiger charge is 2.34. The Balaban J connectivity index is 2.03. The van der Waals surface area contributed by atoms with E-state index in [4.69, 9.17) is 10.5 Å². The zero-order valence-corrected chi connectivity index (χ0v) is 15.5. The molecule has 1 saturated heterocycles. The Labute approximate surface area is 148 Å². The highest BCUT2D eigenvalue weighted by Crippen LogP contribution is 2.25. The van der Waals surface area contributed by atoms with Crippen LogP contribution in [0.4, 0.5) is 4.79 Å². The standard InChI is InChI=1S/C17H24N2O5S/c1-17(2,3)24-16(21)19-10-8-14(9-11-19)25(22,23)13-6-4-12(5-7-13)15(18)20/h4-7,14H,8-11H2,1-3H3,(H2,18,20). The van der Waals surface area contributed by atoms with Crippen molar-refractivity contribution in [3.63, 3.8) is 0 Å². The van der Waals surface area contributed by atoms with E-state index in [-0.39, 0.29) is 10.5 Å². The molecule has 1 aliphatic rings. The highest BCUT2D eigenvalue weighted by molar-refractivity contribution is 7.92. The maximum atomic E-state index is 12.7. The van der Waals surface area contributed by atoms with Crippen molar-refractivity contribution in [3.8, 4) is 0 Å². The normalized spacial score (nSPS) is 16.5. The summed E-state index contributed by atoms with van der Waals surface area (Å²) in [6.45, 7) is 6.03. The van der Waals surface area contributed by atoms with Crippen LogP contribution < -0.4 is 5.73 Å². The topological polar surface area (TPSA) is 107 Å². The number of nitrogens with two attached hydrogens (primary N) is 1. The van der Waals surface area contributed by atoms with Gasteiger partial charge in [-0.15, -0.1) is 0 Å². The van der Waals surface area contributed by atoms with Crippen molar-refractivity contribution >= 4 is 21.8 Å². The molecule has 138 valence electrons. The Hall–Kier alpha value is -2.09. The van der Waals surface area contributed by atoms with E-state index >= 15 is 0 Å². The second-order valence-electron chi connectivity index (χ2n) is 7.10. The van der Waals surface area contributed by atoms with Crippen molar-refractivity contribution in [2.45, 2.75) is 49.4 Å². The van der Waals surface area contributed by atoms with Crippen molar-refractivity contribution in [3.05, 3.63) is 29.8 Å². The third kappa shape index (κ3) is 4.72. The number of benzene rings is 1. The van der Waals surface area contributed by atoms with E-state index in [0.29, 0.717) is 25.9 Å². The molecule has 2 rings (SSSR count). The van der Waals surface area contributed by atoms with E-state index in [1.54, 1.807) is 20.8 Å². The molecule has 1 aromatic carbocycles. The summed E-state index contributed by atoms with van der Waals surface area (Å²) in [4.78, 5) is 24.8. The Kier molecular flexibility index (Phi) is 5.41. The Morgan fingerprint density at radius 1 is 1.12 bits per heavy atom. The molecule has 2 N–H and O–H groups in total. The number of piperidine rings is 1. The van der Waals surface area contributed by atoms with Gasteiger partial charge in [0.25, 0.3) is 0 Å². The van der Waals surface area contributed by atoms with E-state index in [1.807, 2.05) is 0 Å². The average Bonchev–Trinajstić information content (AvgIpc) is 2.53. The molecule has 0 atom stereocenters. The lowest BCUT2D eigenvalue weighted by Gasteiger charge is -2.33. The summed E-state index contributed by atoms with van der Waals surface area (Å²) in [5, 5.41) is -0.564. The molecule has 0 bridgehead atoms. The fourth-order valence-corrected chi connectivity index (χ4v) is 4.41. The van der Waals surface area contributed by atoms with Crippen LogP contribution in [0.15, 0.2) is 29.2 Å². The monoisotopic (exact) mass is 368 g/mol. The number of ether oxygens (including phenoxy) is 1. The summed E-state index contributed by atoms with van der Waals surface area (Å²) in [6, 6.07) is 5.61. The molecule has 8 heteroatoms. The lowest BCUT2D eigenvalue weighted by atomic mass is 10.1. The lowest BCUT2D eigenvalue weighted by molar-refractivity contribution is 0.0217. The number of carbonyl (C=O) groups excluding carboxylic acids is 2. The summed E-state index contributed by atoms with van der Waals surface area (Å²) < 4.78 is 30.8. The van der Waals surface area contributed by atoms with Crippen LogP contribution in [0.25, 0.3) is 0 Å². The summed E-state index contributed by atoms with van der Waals surface area (Å²) in [5.74, 6) is -0.602. The molecule has 25 heavy (non-hydrogen) atoms. The first kappa shape index (κ1) is 19.2. The van der Waals surface area contributed by atoms with E-state index in [0.717, 1.165) is 0 Å². The Bertz CT molecular complexity index is 742. The number of primary amides is 1. The third-order valence-electron chi connectivity index (χ3n) is 4.00. The number of carbonyl (C=O) groups is 2. The quantitative estimate of drug-likeness (QED) is 0.877. The molecule has 0 radical (unpaired) electrons. The molecule has 0 saturated carbocycles. The molecule has 1 aliphatic heterocycles. The molecular weight excluding hydrogens is 344 g/mol. The van der Waals surface area contributed by atoms with Gasteiger partial charge >= 0.3 is 6.09 Å². The number of hydrogen-bond donors (Lipinski definition) is 1. The van der Waals surface area contributed by atoms with Crippen LogP contribution in [0, 0.1) is 0 Å². The predicted molar refractivity (Wildman–Crippen MR) is 93.0 cm³/mol. The minimum atomic E-state index is -3.52. The molecule has 2 amide bonds. The molecule has 1 heterocycles. The summed E-state index contributed by atoms with van der Waals surface area (Å²) >= 11 is 0. The molecule has 0 aliphatic carbocycles. The summed E-state index contributed by atoms with van der Waals surface area (Å²) in [7, 11) is -3.52. The van der Waals surface area contributed by atoms with E-state index in [9.17, 15) is 18.0 Å². The van der Waals surface area contributed by atoms with Gasteiger partial charge in [-0.3, -0.25) is 4.79 Å². The molecule has 0 spiro atoms. The summed E-state index contributed by atoms with van der Waals surface area (Å²) in [5.41, 5.74) is 4.85. The van der Waals surface area contributed by atoms with Gasteiger partial charge in [-0.1, -0.05) is 0 Å². The van der Waals surface area contributed by atoms with Crippen LogP contribution >= 0.6 is 0 Å². The van der Waals surface area contributed by atoms with Crippen LogP contribution in [0.5, 0.6) is 0 Å². The third-order valence-corrected chi connectivity index (χ3v) is 6.28. The molecule has 1 fully saturated rings. The number of amides is 2. The number of nitrogens with zero attached hydrogens (tertiary/aromatic N) is 1. The van der Waals surface area contributed by atoms with E-state index < -0.39 is 32.7 Å². The largest absolute Gasteiger partial charge is 0.444 e. The van der Waals surface area contributed by atoms with Gasteiger partial charge in [0.05, 0.1) is 10.1 Å². The number of hydrogen-bond acceptors (Lipinski definition) is 5. The zero-order valence-electron chi connectivity index (χ0n) is 14.7. The van der Waals surface area contributed by atoms with Crippen molar-refractivity contribution in [1.82, 2.24) is 4.90 Å². The number of likely N-dealkylation sites (tertiary alicyclic amines) is 1. The predicted octanol–water partition coefficient (Wildman–Crippen LogP) is 1.96. The molecule has 0 unspecified atom stereocenters. The average molecular weight is 368 g/mol. The fraction of sp³-hybridized carbons (Fsp3) is 0.529. The van der Waals surface area contributed by atoms with Crippen LogP contribution in [0.2, 0.25) is 0 Å². The maximum Gasteiger partial charge on any atom is 0.410 e. The number of rotatable bonds is 3. The minimum absolute atomic E-state index is 0.160. The van der Waals surface area contributed by atoms with Gasteiger partial charge in [0.2, 0.25) is 5.91 Å². The number of sulfone groups is 1. The molecule has 7 nitrogen and oxygen atoms in total. The van der Waals surface area contributed by atoms with Crippen molar-refractivity contribution in [1.29, 1.82) is 0 Å². The molecular formula is C17H24N2O5S. The van der Waals surface area contributed by atoms with Crippen LogP contribution in [0.3, 0.4) is 0 Å². The van der Waals surface area contributed by atoms with Gasteiger partial charge in [0.15, 0.2) is 9.84 Å². The van der Waals surface area contributed by atoms with Crippen LogP contribution in [-0.4, -0.2) is 49.3 Å². The second kappa shape index (κ2) is 7.03. The lowest BCUT2D eigenvalue weighted by Crippen LogP contribution is -2.44. The molecule has 1 aromatic rings. The van der Waals surface area contributed by atoms with Crippen LogP contribution in [-0.2, 0) is 14.6 Å². The van der Waals surface area contributed by atoms with Crippen LogP contribution in [0.1, 0.15) is 44.0 Å². The summed E-state index contributed by atoms with van der Waals surface area (Å²) in [6.07, 6.45) is 0.271. The molecule has 0 aromatic heterocycles. The van der Waals surface area contributed by atoms with Gasteiger partial charge in [-0.05, 0) is 57.9 Å². The zero-order chi connectivity index (χ0) is 18.8. The first-order valence-corrected chi connectivity index (χ1v) is 9.67. The minimum Gasteiger partial charge on any atom is -0.444 e. The van der Waals surface area contributed by atoms with Gasteiger partial charge < -0.3 is 15.4 Å². The second-order valence-corrected chi connectivity index (χ2v) is 9.33. The van der Waals surface area contributed by atoms with Gasteiger partial charge in [0, 0.05) is 18.7 Å². The van der Waals surface area contributed by atoms with Crippen molar-refractivity contribution in [2.24, 2.45) is 5.73 Å². The first-order valence-electron chi connectivity index (χ1n) is 8.12. The first-order chi connectivity index (χ1) is 11.5. The Morgan fingerprint density at radius 3 is 2.08 bits per heavy atom. The van der Waals surface area contributed by atoms with Gasteiger partial charge in [0.1, 0.15) is 5.60 Å². The van der Waals surface area contributed by atoms with Crippen molar-refractivity contribution in [2.75, 3.05) is 13.1 Å². The SMILES string of the molecule is CC(C)(C)OC(=O)N1CCC(S(=O)(=O)c2ccc(C(N)=O)cc2)CC1. The maximum absolute atomic E-state index is 12.7.